The number of rotatable bonds is 6. The maximum absolute atomic E-state index is 5.19. The second-order valence-electron chi connectivity index (χ2n) is 4.62. The van der Waals surface area contributed by atoms with Crippen molar-refractivity contribution in [2.45, 2.75) is 32.6 Å². The van der Waals surface area contributed by atoms with E-state index in [1.54, 1.807) is 12.4 Å². The van der Waals surface area contributed by atoms with Crippen molar-refractivity contribution in [2.24, 2.45) is 0 Å². The number of hydrogen-bond donors (Lipinski definition) is 1. The van der Waals surface area contributed by atoms with Gasteiger partial charge in [-0.15, -0.1) is 0 Å². The smallest absolute Gasteiger partial charge is 0.226 e. The van der Waals surface area contributed by atoms with Gasteiger partial charge < -0.3 is 9.84 Å². The first-order valence-corrected chi connectivity index (χ1v) is 7.11. The van der Waals surface area contributed by atoms with Crippen LogP contribution in [0, 0.1) is 0 Å². The van der Waals surface area contributed by atoms with Gasteiger partial charge >= 0.3 is 0 Å². The fourth-order valence-electron chi connectivity index (χ4n) is 1.58. The van der Waals surface area contributed by atoms with Gasteiger partial charge in [0.05, 0.1) is 11.9 Å². The Morgan fingerprint density at radius 2 is 2.21 bits per heavy atom. The molecule has 0 aliphatic heterocycles. The summed E-state index contributed by atoms with van der Waals surface area (Å²) in [6.45, 7) is 4.95. The van der Waals surface area contributed by atoms with Crippen molar-refractivity contribution in [3.63, 3.8) is 0 Å². The van der Waals surface area contributed by atoms with E-state index in [1.165, 1.54) is 0 Å². The van der Waals surface area contributed by atoms with Crippen molar-refractivity contribution >= 4 is 21.6 Å². The van der Waals surface area contributed by atoms with Crippen molar-refractivity contribution in [1.82, 2.24) is 15.1 Å². The van der Waals surface area contributed by atoms with Crippen molar-refractivity contribution in [2.75, 3.05) is 11.9 Å². The second kappa shape index (κ2) is 6.65. The fraction of sp³-hybridized carbons (Fsp3) is 0.462. The molecular weight excluding hydrogens is 308 g/mol. The van der Waals surface area contributed by atoms with E-state index in [4.69, 9.17) is 4.52 Å². The fourth-order valence-corrected chi connectivity index (χ4v) is 1.95. The summed E-state index contributed by atoms with van der Waals surface area (Å²) in [5.74, 6) is 1.79. The second-order valence-corrected chi connectivity index (χ2v) is 5.54. The molecule has 0 fully saturated rings. The average molecular weight is 325 g/mol. The van der Waals surface area contributed by atoms with Crippen molar-refractivity contribution < 1.29 is 4.52 Å². The minimum atomic E-state index is 0.309. The number of anilines is 1. The average Bonchev–Trinajstić information content (AvgIpc) is 2.84. The number of nitrogens with one attached hydrogen (secondary N) is 1. The number of hydrogen-bond acceptors (Lipinski definition) is 5. The summed E-state index contributed by atoms with van der Waals surface area (Å²) in [7, 11) is 0. The molecular formula is C13H17BrN4O. The predicted molar refractivity (Wildman–Crippen MR) is 77.1 cm³/mol. The molecule has 0 saturated carbocycles. The lowest BCUT2D eigenvalue weighted by atomic mass is 10.2. The molecule has 0 aliphatic rings. The third-order valence-corrected chi connectivity index (χ3v) is 3.04. The highest BCUT2D eigenvalue weighted by molar-refractivity contribution is 9.10. The van der Waals surface area contributed by atoms with Gasteiger partial charge in [-0.25, -0.2) is 0 Å². The van der Waals surface area contributed by atoms with Crippen molar-refractivity contribution in [3.05, 3.63) is 34.6 Å². The van der Waals surface area contributed by atoms with Crippen molar-refractivity contribution in [3.8, 4) is 0 Å². The quantitative estimate of drug-likeness (QED) is 0.825. The molecule has 5 nitrogen and oxygen atoms in total. The molecule has 0 radical (unpaired) electrons. The van der Waals surface area contributed by atoms with Crippen LogP contribution in [0.25, 0.3) is 0 Å². The van der Waals surface area contributed by atoms with E-state index < -0.39 is 0 Å². The minimum absolute atomic E-state index is 0.309. The first kappa shape index (κ1) is 14.0. The minimum Gasteiger partial charge on any atom is -0.384 e. The molecule has 2 aromatic rings. The van der Waals surface area contributed by atoms with Crippen LogP contribution in [0.1, 0.15) is 37.9 Å². The van der Waals surface area contributed by atoms with Crippen molar-refractivity contribution in [1.29, 1.82) is 0 Å². The highest BCUT2D eigenvalue weighted by Crippen LogP contribution is 2.14. The molecule has 0 spiro atoms. The van der Waals surface area contributed by atoms with Crippen LogP contribution in [0.15, 0.2) is 27.5 Å². The zero-order valence-electron chi connectivity index (χ0n) is 11.1. The van der Waals surface area contributed by atoms with Gasteiger partial charge in [0, 0.05) is 29.6 Å². The van der Waals surface area contributed by atoms with Gasteiger partial charge in [-0.3, -0.25) is 4.98 Å². The third-order valence-electron chi connectivity index (χ3n) is 2.60. The van der Waals surface area contributed by atoms with Crippen LogP contribution in [-0.4, -0.2) is 21.7 Å². The number of pyridine rings is 1. The first-order valence-electron chi connectivity index (χ1n) is 6.32. The lowest BCUT2D eigenvalue weighted by Crippen LogP contribution is -2.03. The highest BCUT2D eigenvalue weighted by atomic mass is 79.9. The molecule has 1 N–H and O–H groups in total. The topological polar surface area (TPSA) is 63.8 Å². The van der Waals surface area contributed by atoms with E-state index in [0.717, 1.165) is 35.4 Å². The van der Waals surface area contributed by atoms with E-state index in [9.17, 15) is 0 Å². The van der Waals surface area contributed by atoms with Crippen LogP contribution >= 0.6 is 15.9 Å². The maximum atomic E-state index is 5.19. The van der Waals surface area contributed by atoms with E-state index in [-0.39, 0.29) is 0 Å². The number of aromatic nitrogens is 3. The molecule has 2 aromatic heterocycles. The molecule has 0 aliphatic carbocycles. The molecule has 2 rings (SSSR count). The van der Waals surface area contributed by atoms with Crippen LogP contribution in [0.5, 0.6) is 0 Å². The van der Waals surface area contributed by atoms with Gasteiger partial charge in [-0.05, 0) is 28.4 Å². The SMILES string of the molecule is CC(C)c1noc(CCCNc2cncc(Br)c2)n1. The third kappa shape index (κ3) is 4.31. The molecule has 0 aromatic carbocycles. The summed E-state index contributed by atoms with van der Waals surface area (Å²) < 4.78 is 6.16. The van der Waals surface area contributed by atoms with Crippen LogP contribution in [-0.2, 0) is 6.42 Å². The van der Waals surface area contributed by atoms with Gasteiger partial charge in [-0.2, -0.15) is 4.98 Å². The molecule has 19 heavy (non-hydrogen) atoms. The number of aryl methyl sites for hydroxylation is 1. The largest absolute Gasteiger partial charge is 0.384 e. The zero-order chi connectivity index (χ0) is 13.7. The van der Waals surface area contributed by atoms with E-state index in [2.05, 4.69) is 50.2 Å². The van der Waals surface area contributed by atoms with Gasteiger partial charge in [-0.1, -0.05) is 19.0 Å². The molecule has 0 saturated heterocycles. The summed E-state index contributed by atoms with van der Waals surface area (Å²) >= 11 is 3.39. The Morgan fingerprint density at radius 1 is 1.37 bits per heavy atom. The van der Waals surface area contributed by atoms with Crippen LogP contribution in [0.4, 0.5) is 5.69 Å². The summed E-state index contributed by atoms with van der Waals surface area (Å²) in [5.41, 5.74) is 1.00. The van der Waals surface area contributed by atoms with Gasteiger partial charge in [0.2, 0.25) is 5.89 Å². The molecule has 6 heteroatoms. The molecule has 0 unspecified atom stereocenters. The Hall–Kier alpha value is -1.43. The molecule has 102 valence electrons. The summed E-state index contributed by atoms with van der Waals surface area (Å²) in [5, 5.41) is 7.24. The maximum Gasteiger partial charge on any atom is 0.226 e. The number of nitrogens with zero attached hydrogens (tertiary/aromatic N) is 3. The first-order chi connectivity index (χ1) is 9.15. The summed E-state index contributed by atoms with van der Waals surface area (Å²) in [4.78, 5) is 8.44. The monoisotopic (exact) mass is 324 g/mol. The lowest BCUT2D eigenvalue weighted by molar-refractivity contribution is 0.369. The Kier molecular flexibility index (Phi) is 4.90. The lowest BCUT2D eigenvalue weighted by Gasteiger charge is -2.04. The van der Waals surface area contributed by atoms with E-state index in [0.29, 0.717) is 11.8 Å². The molecule has 0 atom stereocenters. The van der Waals surface area contributed by atoms with Crippen LogP contribution in [0.2, 0.25) is 0 Å². The number of halogens is 1. The highest BCUT2D eigenvalue weighted by Gasteiger charge is 2.08. The normalized spacial score (nSPS) is 10.9. The molecule has 0 amide bonds. The predicted octanol–water partition coefficient (Wildman–Crippen LogP) is 3.40. The standard InChI is InChI=1S/C13H17BrN4O/c1-9(2)13-17-12(19-18-13)4-3-5-16-11-6-10(14)7-15-8-11/h6-9,16H,3-5H2,1-2H3. The van der Waals surface area contributed by atoms with Crippen LogP contribution < -0.4 is 5.32 Å². The Morgan fingerprint density at radius 3 is 2.89 bits per heavy atom. The Labute approximate surface area is 121 Å². The molecule has 0 bridgehead atoms. The van der Waals surface area contributed by atoms with Gasteiger partial charge in [0.25, 0.3) is 0 Å². The van der Waals surface area contributed by atoms with E-state index in [1.807, 2.05) is 6.07 Å². The van der Waals surface area contributed by atoms with Gasteiger partial charge in [0.1, 0.15) is 0 Å². The van der Waals surface area contributed by atoms with E-state index >= 15 is 0 Å². The Bertz CT molecular complexity index is 527. The van der Waals surface area contributed by atoms with Gasteiger partial charge in [0.15, 0.2) is 5.82 Å². The Balaban J connectivity index is 1.74. The molecule has 2 heterocycles. The van der Waals surface area contributed by atoms with Crippen LogP contribution in [0.3, 0.4) is 0 Å². The summed E-state index contributed by atoms with van der Waals surface area (Å²) in [6, 6.07) is 2.00. The zero-order valence-corrected chi connectivity index (χ0v) is 12.6. The summed E-state index contributed by atoms with van der Waals surface area (Å²) in [6.07, 6.45) is 5.28.